The van der Waals surface area contributed by atoms with Crippen LogP contribution in [0.2, 0.25) is 0 Å². The Morgan fingerprint density at radius 2 is 2.05 bits per heavy atom. The summed E-state index contributed by atoms with van der Waals surface area (Å²) in [6.07, 6.45) is 2.80. The van der Waals surface area contributed by atoms with Crippen LogP contribution < -0.4 is 5.32 Å². The quantitative estimate of drug-likeness (QED) is 0.857. The summed E-state index contributed by atoms with van der Waals surface area (Å²) in [6.45, 7) is 18.0. The second-order valence-corrected chi connectivity index (χ2v) is 10.2. The molecule has 1 N–H and O–H groups in total. The van der Waals surface area contributed by atoms with Gasteiger partial charge in [-0.15, -0.1) is 0 Å². The minimum absolute atomic E-state index is 0.351. The van der Waals surface area contributed by atoms with Crippen LogP contribution >= 0.6 is 11.8 Å². The van der Waals surface area contributed by atoms with Crippen molar-refractivity contribution in [3.05, 3.63) is 0 Å². The molecule has 0 aromatic carbocycles. The second kappa shape index (κ2) is 6.18. The SMILES string of the molecule is CC(C)C1CNC(C(C)(C)C)CN1CC1(C)CCCS1. The Morgan fingerprint density at radius 1 is 1.35 bits per heavy atom. The predicted molar refractivity (Wildman–Crippen MR) is 91.5 cm³/mol. The van der Waals surface area contributed by atoms with Crippen molar-refractivity contribution in [3.8, 4) is 0 Å². The molecule has 0 aliphatic carbocycles. The number of piperazine rings is 1. The molecule has 2 aliphatic heterocycles. The Labute approximate surface area is 130 Å². The molecular formula is C17H34N2S. The van der Waals surface area contributed by atoms with Gasteiger partial charge in [-0.05, 0) is 36.9 Å². The van der Waals surface area contributed by atoms with Crippen LogP contribution in [0.4, 0.5) is 0 Å². The van der Waals surface area contributed by atoms with Gasteiger partial charge in [0.1, 0.15) is 0 Å². The Balaban J connectivity index is 2.06. The van der Waals surface area contributed by atoms with Crippen molar-refractivity contribution in [2.45, 2.75) is 71.2 Å². The van der Waals surface area contributed by atoms with Crippen LogP contribution in [0.15, 0.2) is 0 Å². The van der Waals surface area contributed by atoms with Crippen molar-refractivity contribution in [3.63, 3.8) is 0 Å². The number of hydrogen-bond acceptors (Lipinski definition) is 3. The number of nitrogens with one attached hydrogen (secondary N) is 1. The van der Waals surface area contributed by atoms with Gasteiger partial charge in [0.05, 0.1) is 0 Å². The van der Waals surface area contributed by atoms with Gasteiger partial charge in [0.2, 0.25) is 0 Å². The molecular weight excluding hydrogens is 264 g/mol. The Hall–Kier alpha value is 0.270. The van der Waals surface area contributed by atoms with Gasteiger partial charge in [0.15, 0.2) is 0 Å². The fraction of sp³-hybridized carbons (Fsp3) is 1.00. The molecule has 118 valence electrons. The van der Waals surface area contributed by atoms with E-state index in [9.17, 15) is 0 Å². The fourth-order valence-electron chi connectivity index (χ4n) is 3.64. The van der Waals surface area contributed by atoms with Gasteiger partial charge in [-0.2, -0.15) is 11.8 Å². The van der Waals surface area contributed by atoms with Crippen molar-refractivity contribution < 1.29 is 0 Å². The van der Waals surface area contributed by atoms with Gasteiger partial charge in [0, 0.05) is 36.5 Å². The summed E-state index contributed by atoms with van der Waals surface area (Å²) >= 11 is 2.20. The molecule has 0 radical (unpaired) electrons. The highest BCUT2D eigenvalue weighted by molar-refractivity contribution is 8.00. The maximum Gasteiger partial charge on any atom is 0.0259 e. The largest absolute Gasteiger partial charge is 0.311 e. The summed E-state index contributed by atoms with van der Waals surface area (Å²) < 4.78 is 0.493. The molecule has 0 saturated carbocycles. The third-order valence-corrected chi connectivity index (χ3v) is 6.64. The highest BCUT2D eigenvalue weighted by Crippen LogP contribution is 2.39. The smallest absolute Gasteiger partial charge is 0.0259 e. The van der Waals surface area contributed by atoms with Gasteiger partial charge in [-0.3, -0.25) is 4.90 Å². The summed E-state index contributed by atoms with van der Waals surface area (Å²) in [5.41, 5.74) is 0.351. The molecule has 2 heterocycles. The summed E-state index contributed by atoms with van der Waals surface area (Å²) in [7, 11) is 0. The molecule has 0 aromatic heterocycles. The van der Waals surface area contributed by atoms with Crippen LogP contribution in [0.5, 0.6) is 0 Å². The second-order valence-electron chi connectivity index (χ2n) is 8.47. The standard InChI is InChI=1S/C17H34N2S/c1-13(2)14-10-18-15(16(3,4)5)11-19(14)12-17(6)8-7-9-20-17/h13-15,18H,7-12H2,1-6H3. The van der Waals surface area contributed by atoms with Crippen molar-refractivity contribution in [1.82, 2.24) is 10.2 Å². The van der Waals surface area contributed by atoms with E-state index in [1.807, 2.05) is 0 Å². The van der Waals surface area contributed by atoms with Gasteiger partial charge < -0.3 is 5.32 Å². The Morgan fingerprint density at radius 3 is 2.55 bits per heavy atom. The predicted octanol–water partition coefficient (Wildman–Crippen LogP) is 3.62. The summed E-state index contributed by atoms with van der Waals surface area (Å²) in [5.74, 6) is 2.09. The van der Waals surface area contributed by atoms with E-state index in [2.05, 4.69) is 63.5 Å². The molecule has 0 bridgehead atoms. The molecule has 3 unspecified atom stereocenters. The molecule has 2 nitrogen and oxygen atoms in total. The lowest BCUT2D eigenvalue weighted by atomic mass is 9.83. The number of hydrogen-bond donors (Lipinski definition) is 1. The zero-order valence-corrected chi connectivity index (χ0v) is 15.1. The van der Waals surface area contributed by atoms with E-state index >= 15 is 0 Å². The van der Waals surface area contributed by atoms with E-state index in [0.29, 0.717) is 22.2 Å². The van der Waals surface area contributed by atoms with Crippen molar-refractivity contribution in [2.75, 3.05) is 25.4 Å². The highest BCUT2D eigenvalue weighted by atomic mass is 32.2. The Bertz CT molecular complexity index is 315. The topological polar surface area (TPSA) is 15.3 Å². The number of rotatable bonds is 3. The van der Waals surface area contributed by atoms with E-state index < -0.39 is 0 Å². The minimum Gasteiger partial charge on any atom is -0.311 e. The first-order valence-electron chi connectivity index (χ1n) is 8.33. The summed E-state index contributed by atoms with van der Waals surface area (Å²) in [5, 5.41) is 3.81. The van der Waals surface area contributed by atoms with Gasteiger partial charge >= 0.3 is 0 Å². The first-order chi connectivity index (χ1) is 9.21. The molecule has 20 heavy (non-hydrogen) atoms. The van der Waals surface area contributed by atoms with E-state index in [1.54, 1.807) is 0 Å². The third-order valence-electron chi connectivity index (χ3n) is 5.11. The van der Waals surface area contributed by atoms with Crippen molar-refractivity contribution in [2.24, 2.45) is 11.3 Å². The molecule has 0 spiro atoms. The molecule has 2 fully saturated rings. The molecule has 0 amide bonds. The van der Waals surface area contributed by atoms with Crippen LogP contribution in [0.1, 0.15) is 54.4 Å². The van der Waals surface area contributed by atoms with E-state index in [0.717, 1.165) is 12.5 Å². The molecule has 3 atom stereocenters. The van der Waals surface area contributed by atoms with Gasteiger partial charge in [0.25, 0.3) is 0 Å². The minimum atomic E-state index is 0.351. The van der Waals surface area contributed by atoms with Crippen molar-refractivity contribution in [1.29, 1.82) is 0 Å². The fourth-order valence-corrected chi connectivity index (χ4v) is 4.96. The van der Waals surface area contributed by atoms with Gasteiger partial charge in [-0.1, -0.05) is 34.6 Å². The molecule has 2 saturated heterocycles. The monoisotopic (exact) mass is 298 g/mol. The lowest BCUT2D eigenvalue weighted by molar-refractivity contribution is 0.0564. The lowest BCUT2D eigenvalue weighted by Gasteiger charge is -2.48. The number of thioether (sulfide) groups is 1. The summed E-state index contributed by atoms with van der Waals surface area (Å²) in [6, 6.07) is 1.32. The maximum atomic E-state index is 3.81. The van der Waals surface area contributed by atoms with E-state index in [1.165, 1.54) is 31.7 Å². The first kappa shape index (κ1) is 16.6. The highest BCUT2D eigenvalue weighted by Gasteiger charge is 2.39. The van der Waals surface area contributed by atoms with Crippen LogP contribution in [0.3, 0.4) is 0 Å². The average molecular weight is 299 g/mol. The van der Waals surface area contributed by atoms with Crippen LogP contribution in [0, 0.1) is 11.3 Å². The molecule has 2 rings (SSSR count). The van der Waals surface area contributed by atoms with Crippen LogP contribution in [-0.2, 0) is 0 Å². The maximum absolute atomic E-state index is 3.81. The lowest BCUT2D eigenvalue weighted by Crippen LogP contribution is -2.63. The van der Waals surface area contributed by atoms with E-state index in [-0.39, 0.29) is 0 Å². The zero-order valence-electron chi connectivity index (χ0n) is 14.3. The van der Waals surface area contributed by atoms with Crippen LogP contribution in [0.25, 0.3) is 0 Å². The van der Waals surface area contributed by atoms with Gasteiger partial charge in [-0.25, -0.2) is 0 Å². The Kier molecular flexibility index (Phi) is 5.14. The normalized spacial score (nSPS) is 36.8. The van der Waals surface area contributed by atoms with Crippen molar-refractivity contribution >= 4 is 11.8 Å². The summed E-state index contributed by atoms with van der Waals surface area (Å²) in [4.78, 5) is 2.80. The number of nitrogens with zero attached hydrogens (tertiary/aromatic N) is 1. The first-order valence-corrected chi connectivity index (χ1v) is 9.31. The van der Waals surface area contributed by atoms with Crippen LogP contribution in [-0.4, -0.2) is 47.1 Å². The average Bonchev–Trinajstić information content (AvgIpc) is 2.74. The molecule has 2 aliphatic rings. The molecule has 3 heteroatoms. The third kappa shape index (κ3) is 3.92. The van der Waals surface area contributed by atoms with E-state index in [4.69, 9.17) is 0 Å². The zero-order chi connectivity index (χ0) is 15.0. The molecule has 0 aromatic rings.